The lowest BCUT2D eigenvalue weighted by molar-refractivity contribution is -0.127. The lowest BCUT2D eigenvalue weighted by atomic mass is 10.2. The second-order valence-corrected chi connectivity index (χ2v) is 6.39. The molecule has 1 heterocycles. The summed E-state index contributed by atoms with van der Waals surface area (Å²) in [6.07, 6.45) is 0.398. The maximum Gasteiger partial charge on any atom is 0.339 e. The number of ether oxygens (including phenoxy) is 1. The van der Waals surface area contributed by atoms with Crippen LogP contribution in [0.3, 0.4) is 0 Å². The molecule has 1 aromatic carbocycles. The molecular weight excluding hydrogens is 296 g/mol. The molecule has 0 radical (unpaired) electrons. The van der Waals surface area contributed by atoms with Crippen molar-refractivity contribution < 1.29 is 22.7 Å². The molecule has 1 aromatic rings. The summed E-state index contributed by atoms with van der Waals surface area (Å²) in [6.45, 7) is 0.491. The molecule has 1 saturated heterocycles. The fourth-order valence-electron chi connectivity index (χ4n) is 2.16. The zero-order valence-electron chi connectivity index (χ0n) is 11.7. The van der Waals surface area contributed by atoms with Crippen LogP contribution in [0.5, 0.6) is 0 Å². The van der Waals surface area contributed by atoms with Gasteiger partial charge >= 0.3 is 5.97 Å². The van der Waals surface area contributed by atoms with E-state index in [9.17, 15) is 18.0 Å². The minimum Gasteiger partial charge on any atom is -0.465 e. The molecule has 0 spiro atoms. The third-order valence-corrected chi connectivity index (χ3v) is 4.84. The number of sulfonamides is 1. The van der Waals surface area contributed by atoms with Gasteiger partial charge in [-0.25, -0.2) is 13.2 Å². The number of carbonyl (C=O) groups is 2. The van der Waals surface area contributed by atoms with E-state index in [4.69, 9.17) is 0 Å². The smallest absolute Gasteiger partial charge is 0.339 e. The van der Waals surface area contributed by atoms with Crippen LogP contribution >= 0.6 is 0 Å². The first kappa shape index (κ1) is 15.5. The SMILES string of the molecule is COC(=O)c1ccccc1S(=O)(=O)NC1CCN(C)C1=O. The highest BCUT2D eigenvalue weighted by Gasteiger charge is 2.34. The molecule has 0 aromatic heterocycles. The number of hydrogen-bond donors (Lipinski definition) is 1. The van der Waals surface area contributed by atoms with Crippen LogP contribution in [0.2, 0.25) is 0 Å². The second kappa shape index (κ2) is 5.82. The van der Waals surface area contributed by atoms with Crippen molar-refractivity contribution in [3.63, 3.8) is 0 Å². The Kier molecular flexibility index (Phi) is 4.29. The molecule has 114 valence electrons. The van der Waals surface area contributed by atoms with Crippen molar-refractivity contribution in [2.75, 3.05) is 20.7 Å². The van der Waals surface area contributed by atoms with Gasteiger partial charge in [0.05, 0.1) is 17.6 Å². The fraction of sp³-hybridized carbons (Fsp3) is 0.385. The number of likely N-dealkylation sites (tertiary alicyclic amines) is 1. The number of rotatable bonds is 4. The molecule has 1 N–H and O–H groups in total. The van der Waals surface area contributed by atoms with Crippen molar-refractivity contribution in [2.45, 2.75) is 17.4 Å². The van der Waals surface area contributed by atoms with E-state index in [1.165, 1.54) is 30.2 Å². The minimum absolute atomic E-state index is 0.0636. The van der Waals surface area contributed by atoms with Gasteiger partial charge in [0.2, 0.25) is 15.9 Å². The van der Waals surface area contributed by atoms with E-state index < -0.39 is 22.0 Å². The fourth-order valence-corrected chi connectivity index (χ4v) is 3.58. The molecule has 1 aliphatic rings. The maximum absolute atomic E-state index is 12.4. The summed E-state index contributed by atoms with van der Waals surface area (Å²) < 4.78 is 31.7. The number of nitrogens with one attached hydrogen (secondary N) is 1. The van der Waals surface area contributed by atoms with Gasteiger partial charge in [-0.3, -0.25) is 4.79 Å². The Morgan fingerprint density at radius 3 is 2.62 bits per heavy atom. The van der Waals surface area contributed by atoms with Gasteiger partial charge < -0.3 is 9.64 Å². The normalized spacial score (nSPS) is 18.9. The number of hydrogen-bond acceptors (Lipinski definition) is 5. The van der Waals surface area contributed by atoms with Crippen LogP contribution in [0.25, 0.3) is 0 Å². The maximum atomic E-state index is 12.4. The number of carbonyl (C=O) groups excluding carboxylic acids is 2. The molecule has 1 atom stereocenters. The Morgan fingerprint density at radius 2 is 2.05 bits per heavy atom. The van der Waals surface area contributed by atoms with Crippen LogP contribution in [0, 0.1) is 0 Å². The molecule has 0 aliphatic carbocycles. The summed E-state index contributed by atoms with van der Waals surface area (Å²) in [6, 6.07) is 4.91. The molecule has 8 heteroatoms. The highest BCUT2D eigenvalue weighted by Crippen LogP contribution is 2.18. The lowest BCUT2D eigenvalue weighted by Gasteiger charge is -2.14. The Bertz CT molecular complexity index is 671. The van der Waals surface area contributed by atoms with Crippen molar-refractivity contribution in [2.24, 2.45) is 0 Å². The van der Waals surface area contributed by atoms with Crippen molar-refractivity contribution in [1.82, 2.24) is 9.62 Å². The van der Waals surface area contributed by atoms with E-state index in [2.05, 4.69) is 9.46 Å². The number of benzene rings is 1. The average Bonchev–Trinajstić information content (AvgIpc) is 2.78. The third-order valence-electron chi connectivity index (χ3n) is 3.31. The molecule has 2 rings (SSSR count). The van der Waals surface area contributed by atoms with Gasteiger partial charge in [0, 0.05) is 13.6 Å². The summed E-state index contributed by atoms with van der Waals surface area (Å²) in [5, 5.41) is 0. The topological polar surface area (TPSA) is 92.8 Å². The van der Waals surface area contributed by atoms with Crippen molar-refractivity contribution in [3.05, 3.63) is 29.8 Å². The lowest BCUT2D eigenvalue weighted by Crippen LogP contribution is -2.40. The van der Waals surface area contributed by atoms with E-state index in [1.54, 1.807) is 13.1 Å². The van der Waals surface area contributed by atoms with Crippen LogP contribution in [-0.4, -0.2) is 51.9 Å². The van der Waals surface area contributed by atoms with Gasteiger partial charge in [0.15, 0.2) is 0 Å². The molecular formula is C13H16N2O5S. The molecule has 1 aliphatic heterocycles. The van der Waals surface area contributed by atoms with Gasteiger partial charge in [-0.05, 0) is 18.6 Å². The van der Waals surface area contributed by atoms with E-state index in [-0.39, 0.29) is 16.4 Å². The monoisotopic (exact) mass is 312 g/mol. The first-order chi connectivity index (χ1) is 9.86. The van der Waals surface area contributed by atoms with Crippen LogP contribution in [0.4, 0.5) is 0 Å². The number of amides is 1. The zero-order valence-corrected chi connectivity index (χ0v) is 12.5. The highest BCUT2D eigenvalue weighted by molar-refractivity contribution is 7.89. The first-order valence-corrected chi connectivity index (χ1v) is 7.80. The van der Waals surface area contributed by atoms with E-state index in [0.29, 0.717) is 13.0 Å². The van der Waals surface area contributed by atoms with E-state index >= 15 is 0 Å². The number of likely N-dealkylation sites (N-methyl/N-ethyl adjacent to an activating group) is 1. The summed E-state index contributed by atoms with van der Waals surface area (Å²) in [7, 11) is -1.20. The average molecular weight is 312 g/mol. The van der Waals surface area contributed by atoms with Gasteiger partial charge in [-0.1, -0.05) is 12.1 Å². The molecule has 1 amide bonds. The molecule has 0 saturated carbocycles. The molecule has 1 unspecified atom stereocenters. The quantitative estimate of drug-likeness (QED) is 0.789. The molecule has 21 heavy (non-hydrogen) atoms. The van der Waals surface area contributed by atoms with Crippen molar-refractivity contribution in [3.8, 4) is 0 Å². The van der Waals surface area contributed by atoms with Gasteiger partial charge in [-0.2, -0.15) is 4.72 Å². The number of methoxy groups -OCH3 is 1. The Morgan fingerprint density at radius 1 is 1.38 bits per heavy atom. The predicted molar refractivity (Wildman–Crippen MR) is 74.1 cm³/mol. The van der Waals surface area contributed by atoms with Crippen LogP contribution < -0.4 is 4.72 Å². The minimum atomic E-state index is -3.98. The van der Waals surface area contributed by atoms with Gasteiger partial charge in [0.1, 0.15) is 6.04 Å². The van der Waals surface area contributed by atoms with E-state index in [1.807, 2.05) is 0 Å². The van der Waals surface area contributed by atoms with Gasteiger partial charge in [0.25, 0.3) is 0 Å². The Hall–Kier alpha value is -1.93. The van der Waals surface area contributed by atoms with Crippen LogP contribution in [0.15, 0.2) is 29.2 Å². The predicted octanol–water partition coefficient (Wildman–Crippen LogP) is -0.0178. The summed E-state index contributed by atoms with van der Waals surface area (Å²) in [4.78, 5) is 24.7. The summed E-state index contributed by atoms with van der Waals surface area (Å²) >= 11 is 0. The molecule has 1 fully saturated rings. The van der Waals surface area contributed by atoms with E-state index in [0.717, 1.165) is 0 Å². The number of nitrogens with zero attached hydrogens (tertiary/aromatic N) is 1. The molecule has 7 nitrogen and oxygen atoms in total. The van der Waals surface area contributed by atoms with Crippen molar-refractivity contribution in [1.29, 1.82) is 0 Å². The molecule has 0 bridgehead atoms. The van der Waals surface area contributed by atoms with Crippen molar-refractivity contribution >= 4 is 21.9 Å². The van der Waals surface area contributed by atoms with Crippen LogP contribution in [0.1, 0.15) is 16.8 Å². The Labute approximate surface area is 122 Å². The largest absolute Gasteiger partial charge is 0.465 e. The first-order valence-electron chi connectivity index (χ1n) is 6.31. The second-order valence-electron chi connectivity index (χ2n) is 4.71. The highest BCUT2D eigenvalue weighted by atomic mass is 32.2. The third kappa shape index (κ3) is 3.06. The number of esters is 1. The summed E-state index contributed by atoms with van der Waals surface area (Å²) in [5.74, 6) is -1.03. The standard InChI is InChI=1S/C13H16N2O5S/c1-15-8-7-10(12(15)16)14-21(18,19)11-6-4-3-5-9(11)13(17)20-2/h3-6,10,14H,7-8H2,1-2H3. The van der Waals surface area contributed by atoms with Crippen LogP contribution in [-0.2, 0) is 19.6 Å². The Balaban J connectivity index is 2.33. The van der Waals surface area contributed by atoms with Gasteiger partial charge in [-0.15, -0.1) is 0 Å². The zero-order chi connectivity index (χ0) is 15.6. The summed E-state index contributed by atoms with van der Waals surface area (Å²) in [5.41, 5.74) is -0.0636.